The second kappa shape index (κ2) is 9.18. The maximum atomic E-state index is 10.6. The van der Waals surface area contributed by atoms with Crippen LogP contribution in [0, 0.1) is 0 Å². The number of hydrogen-bond acceptors (Lipinski definition) is 6. The van der Waals surface area contributed by atoms with Crippen molar-refractivity contribution in [2.45, 2.75) is 32.2 Å². The van der Waals surface area contributed by atoms with Crippen LogP contribution < -0.4 is 0 Å². The average Bonchev–Trinajstić information content (AvgIpc) is 3.39. The van der Waals surface area contributed by atoms with Gasteiger partial charge in [-0.3, -0.25) is 4.90 Å². The fourth-order valence-corrected chi connectivity index (χ4v) is 3.67. The number of carbonyl (C=O) groups is 1. The minimum absolute atomic E-state index is 0.734. The Kier molecular flexibility index (Phi) is 6.64. The van der Waals surface area contributed by atoms with Crippen molar-refractivity contribution in [3.63, 3.8) is 0 Å². The third-order valence-electron chi connectivity index (χ3n) is 4.30. The number of aliphatic carboxylic acids is 1. The summed E-state index contributed by atoms with van der Waals surface area (Å²) in [5.41, 5.74) is 1.21. The molecular formula is C17H19F3N6O2S. The Morgan fingerprint density at radius 1 is 1.24 bits per heavy atom. The SMILES string of the molecule is O=C(O)C(F)(F)F.c1csc(CN2CCc3ncc(Cn4cncn4)n3CC2)c1. The number of carboxylic acids is 1. The summed E-state index contributed by atoms with van der Waals surface area (Å²) < 4.78 is 35.9. The van der Waals surface area contributed by atoms with Gasteiger partial charge in [0.1, 0.15) is 18.5 Å². The van der Waals surface area contributed by atoms with Crippen molar-refractivity contribution < 1.29 is 23.1 Å². The van der Waals surface area contributed by atoms with Crippen LogP contribution in [0.1, 0.15) is 16.4 Å². The van der Waals surface area contributed by atoms with Crippen molar-refractivity contribution >= 4 is 17.3 Å². The molecular weight excluding hydrogens is 409 g/mol. The molecule has 29 heavy (non-hydrogen) atoms. The summed E-state index contributed by atoms with van der Waals surface area (Å²) >= 11 is 1.83. The molecule has 1 aliphatic rings. The molecule has 0 unspecified atom stereocenters. The first-order chi connectivity index (χ1) is 13.8. The molecule has 0 bridgehead atoms. The van der Waals surface area contributed by atoms with Crippen LogP contribution in [0.4, 0.5) is 13.2 Å². The van der Waals surface area contributed by atoms with E-state index >= 15 is 0 Å². The molecule has 0 aromatic carbocycles. The van der Waals surface area contributed by atoms with E-state index in [1.807, 2.05) is 22.2 Å². The lowest BCUT2D eigenvalue weighted by atomic mass is 10.3. The molecule has 0 fully saturated rings. The Hall–Kier alpha value is -2.73. The number of thiophene rings is 1. The van der Waals surface area contributed by atoms with Gasteiger partial charge in [0.25, 0.3) is 0 Å². The lowest BCUT2D eigenvalue weighted by Gasteiger charge is -2.18. The zero-order valence-electron chi connectivity index (χ0n) is 15.3. The average molecular weight is 428 g/mol. The number of imidazole rings is 1. The number of halogens is 3. The van der Waals surface area contributed by atoms with Gasteiger partial charge in [-0.2, -0.15) is 18.3 Å². The fourth-order valence-electron chi connectivity index (χ4n) is 2.93. The first kappa shape index (κ1) is 21.0. The van der Waals surface area contributed by atoms with Gasteiger partial charge < -0.3 is 9.67 Å². The monoisotopic (exact) mass is 428 g/mol. The van der Waals surface area contributed by atoms with E-state index in [1.54, 1.807) is 12.7 Å². The molecule has 0 spiro atoms. The molecule has 4 rings (SSSR count). The maximum absolute atomic E-state index is 10.6. The minimum atomic E-state index is -5.08. The van der Waals surface area contributed by atoms with Gasteiger partial charge >= 0.3 is 12.1 Å². The molecule has 3 aromatic heterocycles. The van der Waals surface area contributed by atoms with Crippen molar-refractivity contribution in [2.24, 2.45) is 0 Å². The Labute approximate surface area is 168 Å². The molecule has 0 amide bonds. The maximum Gasteiger partial charge on any atom is 0.490 e. The van der Waals surface area contributed by atoms with E-state index < -0.39 is 12.1 Å². The molecule has 1 N–H and O–H groups in total. The molecule has 1 aliphatic heterocycles. The Morgan fingerprint density at radius 2 is 2.03 bits per heavy atom. The predicted octanol–water partition coefficient (Wildman–Crippen LogP) is 2.28. The number of fused-ring (bicyclic) bond motifs is 1. The first-order valence-electron chi connectivity index (χ1n) is 8.73. The fraction of sp³-hybridized carbons (Fsp3) is 0.412. The van der Waals surface area contributed by atoms with Gasteiger partial charge in [0.2, 0.25) is 0 Å². The number of rotatable bonds is 4. The third-order valence-corrected chi connectivity index (χ3v) is 5.17. The first-order valence-corrected chi connectivity index (χ1v) is 9.61. The second-order valence-electron chi connectivity index (χ2n) is 6.32. The molecule has 8 nitrogen and oxygen atoms in total. The van der Waals surface area contributed by atoms with Crippen LogP contribution in [0.15, 0.2) is 36.4 Å². The van der Waals surface area contributed by atoms with Crippen LogP contribution in [0.25, 0.3) is 0 Å². The van der Waals surface area contributed by atoms with Crippen molar-refractivity contribution in [1.82, 2.24) is 29.2 Å². The van der Waals surface area contributed by atoms with Crippen molar-refractivity contribution in [3.8, 4) is 0 Å². The number of carboxylic acid groups (broad SMARTS) is 1. The number of aromatic nitrogens is 5. The molecule has 0 saturated heterocycles. The molecule has 0 radical (unpaired) electrons. The Bertz CT molecular complexity index is 908. The lowest BCUT2D eigenvalue weighted by Crippen LogP contribution is -2.26. The zero-order valence-corrected chi connectivity index (χ0v) is 16.1. The summed E-state index contributed by atoms with van der Waals surface area (Å²) in [6.07, 6.45) is 1.22. The summed E-state index contributed by atoms with van der Waals surface area (Å²) in [6.45, 7) is 4.90. The highest BCUT2D eigenvalue weighted by Gasteiger charge is 2.38. The highest BCUT2D eigenvalue weighted by atomic mass is 32.1. The van der Waals surface area contributed by atoms with E-state index in [2.05, 4.69) is 42.0 Å². The van der Waals surface area contributed by atoms with Gasteiger partial charge in [0, 0.05) is 37.5 Å². The van der Waals surface area contributed by atoms with Crippen molar-refractivity contribution in [3.05, 3.63) is 52.8 Å². The van der Waals surface area contributed by atoms with Crippen molar-refractivity contribution in [2.75, 3.05) is 13.1 Å². The largest absolute Gasteiger partial charge is 0.490 e. The van der Waals surface area contributed by atoms with Crippen LogP contribution in [0.5, 0.6) is 0 Å². The van der Waals surface area contributed by atoms with E-state index in [0.717, 1.165) is 39.1 Å². The van der Waals surface area contributed by atoms with Gasteiger partial charge in [-0.25, -0.2) is 19.4 Å². The molecule has 0 aliphatic carbocycles. The normalized spacial score (nSPS) is 14.6. The van der Waals surface area contributed by atoms with E-state index in [1.165, 1.54) is 16.4 Å². The molecule has 12 heteroatoms. The van der Waals surface area contributed by atoms with E-state index in [-0.39, 0.29) is 0 Å². The van der Waals surface area contributed by atoms with Gasteiger partial charge in [-0.05, 0) is 11.4 Å². The summed E-state index contributed by atoms with van der Waals surface area (Å²) in [6, 6.07) is 4.34. The molecule has 3 aromatic rings. The standard InChI is InChI=1S/C15H18N6S.C2HF3O2/c1-2-14(22-7-1)10-19-4-3-15-17-8-13(21(15)6-5-19)9-20-12-16-11-18-20;3-2(4,5)1(6)7/h1-2,7-8,11-12H,3-6,9-10H2;(H,6,7). The number of hydrogen-bond donors (Lipinski definition) is 1. The highest BCUT2D eigenvalue weighted by Crippen LogP contribution is 2.17. The number of nitrogens with zero attached hydrogens (tertiary/aromatic N) is 6. The second-order valence-corrected chi connectivity index (χ2v) is 7.35. The summed E-state index contributed by atoms with van der Waals surface area (Å²) in [5.74, 6) is -1.57. The van der Waals surface area contributed by atoms with Crippen LogP contribution in [-0.2, 0) is 30.8 Å². The van der Waals surface area contributed by atoms with Crippen LogP contribution in [-0.4, -0.2) is 59.6 Å². The van der Waals surface area contributed by atoms with Gasteiger partial charge in [0.15, 0.2) is 0 Å². The van der Waals surface area contributed by atoms with Gasteiger partial charge in [-0.15, -0.1) is 11.3 Å². The Morgan fingerprint density at radius 3 is 2.66 bits per heavy atom. The zero-order chi connectivity index (χ0) is 20.9. The van der Waals surface area contributed by atoms with Crippen LogP contribution in [0.3, 0.4) is 0 Å². The molecule has 4 heterocycles. The van der Waals surface area contributed by atoms with Gasteiger partial charge in [0.05, 0.1) is 18.4 Å². The lowest BCUT2D eigenvalue weighted by molar-refractivity contribution is -0.192. The summed E-state index contributed by atoms with van der Waals surface area (Å²) in [7, 11) is 0. The van der Waals surface area contributed by atoms with Crippen LogP contribution in [0.2, 0.25) is 0 Å². The molecule has 0 saturated carbocycles. The van der Waals surface area contributed by atoms with Crippen molar-refractivity contribution in [1.29, 1.82) is 0 Å². The predicted molar refractivity (Wildman–Crippen MR) is 98.3 cm³/mol. The quantitative estimate of drug-likeness (QED) is 0.686. The van der Waals surface area contributed by atoms with E-state index in [9.17, 15) is 13.2 Å². The van der Waals surface area contributed by atoms with E-state index in [0.29, 0.717) is 0 Å². The van der Waals surface area contributed by atoms with Gasteiger partial charge in [-0.1, -0.05) is 6.07 Å². The topological polar surface area (TPSA) is 89.1 Å². The Balaban J connectivity index is 0.000000298. The van der Waals surface area contributed by atoms with E-state index in [4.69, 9.17) is 9.90 Å². The van der Waals surface area contributed by atoms with Crippen LogP contribution >= 0.6 is 11.3 Å². The minimum Gasteiger partial charge on any atom is -0.475 e. The number of alkyl halides is 3. The smallest absolute Gasteiger partial charge is 0.475 e. The molecule has 156 valence electrons. The third kappa shape index (κ3) is 5.87. The summed E-state index contributed by atoms with van der Waals surface area (Å²) in [4.78, 5) is 21.5. The highest BCUT2D eigenvalue weighted by molar-refractivity contribution is 7.09. The summed E-state index contributed by atoms with van der Waals surface area (Å²) in [5, 5.41) is 13.5. The molecule has 0 atom stereocenters.